The van der Waals surface area contributed by atoms with E-state index in [0.717, 1.165) is 9.37 Å². The quantitative estimate of drug-likeness (QED) is 0.233. The first-order valence-electron chi connectivity index (χ1n) is 10.6. The van der Waals surface area contributed by atoms with Crippen LogP contribution in [0.4, 0.5) is 5.69 Å². The lowest BCUT2D eigenvalue weighted by Gasteiger charge is -2.27. The van der Waals surface area contributed by atoms with Gasteiger partial charge in [-0.3, -0.25) is 19.2 Å². The second-order valence-corrected chi connectivity index (χ2v) is 10.6. The van der Waals surface area contributed by atoms with Crippen LogP contribution in [0.3, 0.4) is 0 Å². The number of Topliss-reactive ketones (excluding diaryl/α,β-unsaturated/α-hetero) is 2. The molecule has 8 heteroatoms. The molecule has 0 N–H and O–H groups in total. The molecule has 0 aromatic heterocycles. The molecule has 34 heavy (non-hydrogen) atoms. The van der Waals surface area contributed by atoms with Gasteiger partial charge in [0.15, 0.2) is 0 Å². The third kappa shape index (κ3) is 2.76. The van der Waals surface area contributed by atoms with E-state index in [9.17, 15) is 19.2 Å². The fraction of sp³-hybridized carbons (Fsp3) is 0.154. The molecule has 2 amide bonds. The van der Waals surface area contributed by atoms with Gasteiger partial charge in [0.2, 0.25) is 29.0 Å². The van der Waals surface area contributed by atoms with Gasteiger partial charge < -0.3 is 4.74 Å². The Kier molecular flexibility index (Phi) is 4.91. The van der Waals surface area contributed by atoms with Crippen LogP contribution in [0, 0.1) is 15.4 Å². The molecule has 0 saturated carbocycles. The number of hydrogen-bond donors (Lipinski definition) is 0. The van der Waals surface area contributed by atoms with Crippen LogP contribution in [0.2, 0.25) is 0 Å². The fourth-order valence-electron chi connectivity index (χ4n) is 5.37. The van der Waals surface area contributed by atoms with Crippen molar-refractivity contribution in [3.8, 4) is 0 Å². The number of ketones is 2. The summed E-state index contributed by atoms with van der Waals surface area (Å²) in [6.45, 7) is 0. The van der Waals surface area contributed by atoms with E-state index >= 15 is 0 Å². The summed E-state index contributed by atoms with van der Waals surface area (Å²) in [7, 11) is 0. The average molecular weight is 628 g/mol. The Balaban J connectivity index is 1.57. The van der Waals surface area contributed by atoms with Crippen molar-refractivity contribution in [2.45, 2.75) is 11.7 Å². The number of para-hydroxylation sites is 1. The average Bonchev–Trinajstić information content (AvgIpc) is 3.40. The predicted molar refractivity (Wildman–Crippen MR) is 134 cm³/mol. The van der Waals surface area contributed by atoms with Crippen LogP contribution in [0.15, 0.2) is 77.3 Å². The van der Waals surface area contributed by atoms with Crippen LogP contribution in [-0.4, -0.2) is 29.0 Å². The largest absolute Gasteiger partial charge is 0.349 e. The van der Waals surface area contributed by atoms with Crippen molar-refractivity contribution in [1.29, 1.82) is 0 Å². The highest BCUT2D eigenvalue weighted by Gasteiger charge is 2.74. The summed E-state index contributed by atoms with van der Waals surface area (Å²) in [6, 6.07) is 20.7. The van der Waals surface area contributed by atoms with E-state index in [1.165, 1.54) is 0 Å². The Morgan fingerprint density at radius 1 is 0.824 bits per heavy atom. The van der Waals surface area contributed by atoms with E-state index in [1.54, 1.807) is 60.7 Å². The van der Waals surface area contributed by atoms with Crippen molar-refractivity contribution in [3.63, 3.8) is 0 Å². The first kappa shape index (κ1) is 21.8. The number of imide groups is 1. The lowest BCUT2D eigenvalue weighted by molar-refractivity contribution is -0.127. The molecule has 3 unspecified atom stereocenters. The first-order valence-corrected chi connectivity index (χ1v) is 12.5. The number of amides is 2. The monoisotopic (exact) mass is 627 g/mol. The number of benzene rings is 3. The molecule has 2 fully saturated rings. The molecule has 0 radical (unpaired) electrons. The summed E-state index contributed by atoms with van der Waals surface area (Å²) in [5.41, 5.74) is -0.582. The van der Waals surface area contributed by atoms with Gasteiger partial charge in [-0.05, 0) is 52.4 Å². The van der Waals surface area contributed by atoms with Crippen molar-refractivity contribution in [1.82, 2.24) is 0 Å². The van der Waals surface area contributed by atoms with Crippen LogP contribution < -0.4 is 4.90 Å². The molecular weight excluding hydrogens is 613 g/mol. The van der Waals surface area contributed by atoms with Gasteiger partial charge in [0.25, 0.3) is 0 Å². The summed E-state index contributed by atoms with van der Waals surface area (Å²) < 4.78 is 7.76. The van der Waals surface area contributed by atoms with Crippen LogP contribution in [0.1, 0.15) is 32.4 Å². The Hall–Kier alpha value is -2.69. The van der Waals surface area contributed by atoms with Crippen LogP contribution >= 0.6 is 38.5 Å². The van der Waals surface area contributed by atoms with E-state index in [-0.39, 0.29) is 11.1 Å². The molecule has 1 aliphatic carbocycles. The molecule has 6 rings (SSSR count). The highest BCUT2D eigenvalue weighted by Crippen LogP contribution is 2.58. The van der Waals surface area contributed by atoms with Crippen molar-refractivity contribution in [2.24, 2.45) is 11.8 Å². The molecule has 2 saturated heterocycles. The van der Waals surface area contributed by atoms with Crippen molar-refractivity contribution in [2.75, 3.05) is 4.90 Å². The Morgan fingerprint density at radius 3 is 2.12 bits per heavy atom. The normalized spacial score (nSPS) is 24.8. The van der Waals surface area contributed by atoms with Gasteiger partial charge in [0.05, 0.1) is 23.6 Å². The third-order valence-corrected chi connectivity index (χ3v) is 8.20. The van der Waals surface area contributed by atoms with Crippen molar-refractivity contribution in [3.05, 3.63) is 97.5 Å². The second kappa shape index (κ2) is 7.66. The summed E-state index contributed by atoms with van der Waals surface area (Å²) in [5, 5.41) is 0. The minimum Gasteiger partial charge on any atom is -0.349 e. The standard InChI is InChI=1S/C26H15BrINO5/c27-14-7-5-6-13(12-14)21-19-20(25(33)29(24(19)32)18-11-4-3-10-17(18)28)26(34-21)22(30)15-8-1-2-9-16(15)23(26)31/h1-12,19-21H. The number of hydrogen-bond acceptors (Lipinski definition) is 5. The number of fused-ring (bicyclic) bond motifs is 3. The first-order chi connectivity index (χ1) is 16.4. The number of nitrogens with zero attached hydrogens (tertiary/aromatic N) is 1. The Morgan fingerprint density at radius 2 is 1.47 bits per heavy atom. The maximum absolute atomic E-state index is 13.9. The van der Waals surface area contributed by atoms with Gasteiger partial charge in [-0.1, -0.05) is 64.5 Å². The summed E-state index contributed by atoms with van der Waals surface area (Å²) in [4.78, 5) is 56.3. The molecule has 168 valence electrons. The van der Waals surface area contributed by atoms with E-state index in [4.69, 9.17) is 4.74 Å². The number of rotatable bonds is 2. The molecule has 1 spiro atoms. The SMILES string of the molecule is O=C1C2C(c3cccc(Br)c3)OC3(C(=O)c4ccccc4C3=O)C2C(=O)N1c1ccccc1I. The van der Waals surface area contributed by atoms with Gasteiger partial charge >= 0.3 is 0 Å². The lowest BCUT2D eigenvalue weighted by Crippen LogP contribution is -2.51. The predicted octanol–water partition coefficient (Wildman–Crippen LogP) is 4.75. The topological polar surface area (TPSA) is 80.8 Å². The van der Waals surface area contributed by atoms with Crippen molar-refractivity contribution >= 4 is 67.6 Å². The number of carbonyl (C=O) groups is 4. The lowest BCUT2D eigenvalue weighted by atomic mass is 9.77. The maximum Gasteiger partial charge on any atom is 0.241 e. The number of anilines is 1. The maximum atomic E-state index is 13.9. The van der Waals surface area contributed by atoms with Gasteiger partial charge in [-0.2, -0.15) is 0 Å². The van der Waals surface area contributed by atoms with Gasteiger partial charge in [0, 0.05) is 19.2 Å². The van der Waals surface area contributed by atoms with Gasteiger partial charge in [-0.25, -0.2) is 4.90 Å². The fourth-order valence-corrected chi connectivity index (χ4v) is 6.42. The Labute approximate surface area is 216 Å². The summed E-state index contributed by atoms with van der Waals surface area (Å²) in [5.74, 6) is -4.46. The molecule has 2 aliphatic heterocycles. The van der Waals surface area contributed by atoms with E-state index in [1.807, 2.05) is 12.1 Å². The van der Waals surface area contributed by atoms with Crippen molar-refractivity contribution < 1.29 is 23.9 Å². The van der Waals surface area contributed by atoms with Crippen LogP contribution in [0.25, 0.3) is 0 Å². The minimum atomic E-state index is -2.07. The number of ether oxygens (including phenoxy) is 1. The van der Waals surface area contributed by atoms with Gasteiger partial charge in [0.1, 0.15) is 0 Å². The zero-order valence-corrected chi connectivity index (χ0v) is 21.1. The van der Waals surface area contributed by atoms with Crippen LogP contribution in [-0.2, 0) is 14.3 Å². The molecular formula is C26H15BrINO5. The molecule has 3 atom stereocenters. The summed E-state index contributed by atoms with van der Waals surface area (Å²) in [6.07, 6.45) is -0.937. The van der Waals surface area contributed by atoms with Crippen LogP contribution in [0.5, 0.6) is 0 Å². The van der Waals surface area contributed by atoms with E-state index in [2.05, 4.69) is 38.5 Å². The molecule has 3 aromatic carbocycles. The molecule has 0 bridgehead atoms. The molecule has 3 aliphatic rings. The number of carbonyl (C=O) groups excluding carboxylic acids is 4. The molecule has 6 nitrogen and oxygen atoms in total. The van der Waals surface area contributed by atoms with E-state index in [0.29, 0.717) is 14.8 Å². The minimum absolute atomic E-state index is 0.217. The smallest absolute Gasteiger partial charge is 0.241 e. The van der Waals surface area contributed by atoms with E-state index < -0.39 is 46.9 Å². The Bertz CT molecular complexity index is 1400. The molecule has 3 aromatic rings. The van der Waals surface area contributed by atoms with Gasteiger partial charge in [-0.15, -0.1) is 0 Å². The zero-order valence-electron chi connectivity index (χ0n) is 17.4. The number of halogens is 2. The third-order valence-electron chi connectivity index (χ3n) is 6.79. The molecule has 2 heterocycles. The second-order valence-electron chi connectivity index (χ2n) is 8.50. The summed E-state index contributed by atoms with van der Waals surface area (Å²) >= 11 is 5.50. The highest BCUT2D eigenvalue weighted by atomic mass is 127. The highest BCUT2D eigenvalue weighted by molar-refractivity contribution is 14.1. The zero-order chi connectivity index (χ0) is 23.8.